The second kappa shape index (κ2) is 9.30. The smallest absolute Gasteiger partial charge is 0.276 e. The summed E-state index contributed by atoms with van der Waals surface area (Å²) in [6, 6.07) is 19.2. The van der Waals surface area contributed by atoms with Crippen LogP contribution in [0.2, 0.25) is 10.0 Å². The molecule has 3 aromatic carbocycles. The normalized spacial score (nSPS) is 11.8. The minimum absolute atomic E-state index is 0.0590. The van der Waals surface area contributed by atoms with Crippen LogP contribution in [0.3, 0.4) is 0 Å². The van der Waals surface area contributed by atoms with Crippen LogP contribution in [-0.4, -0.2) is 20.0 Å². The number of anilines is 1. The minimum atomic E-state index is -3.80. The van der Waals surface area contributed by atoms with Gasteiger partial charge in [0.15, 0.2) is 0 Å². The fraction of sp³-hybridized carbons (Fsp3) is 0.0476. The number of nitrogens with zero attached hydrogens (tertiary/aromatic N) is 1. The molecule has 6 nitrogen and oxygen atoms in total. The number of sulfonamides is 1. The van der Waals surface area contributed by atoms with E-state index in [9.17, 15) is 13.2 Å². The van der Waals surface area contributed by atoms with Gasteiger partial charge in [-0.05, 0) is 73.2 Å². The van der Waals surface area contributed by atoms with Gasteiger partial charge in [0.25, 0.3) is 15.9 Å². The number of benzene rings is 3. The first kappa shape index (κ1) is 21.8. The highest BCUT2D eigenvalue weighted by molar-refractivity contribution is 7.89. The van der Waals surface area contributed by atoms with E-state index in [2.05, 4.69) is 15.2 Å². The van der Waals surface area contributed by atoms with Crippen LogP contribution in [-0.2, 0) is 10.0 Å². The average molecular weight is 462 g/mol. The summed E-state index contributed by atoms with van der Waals surface area (Å²) in [5.41, 5.74) is 2.23. The van der Waals surface area contributed by atoms with Gasteiger partial charge < -0.3 is 5.32 Å². The first-order chi connectivity index (χ1) is 14.2. The Morgan fingerprint density at radius 3 is 1.87 bits per heavy atom. The Labute approximate surface area is 184 Å². The lowest BCUT2D eigenvalue weighted by molar-refractivity contribution is 0.102. The van der Waals surface area contributed by atoms with Crippen LogP contribution >= 0.6 is 23.2 Å². The van der Waals surface area contributed by atoms with E-state index in [1.54, 1.807) is 55.5 Å². The van der Waals surface area contributed by atoms with Gasteiger partial charge >= 0.3 is 0 Å². The van der Waals surface area contributed by atoms with Crippen molar-refractivity contribution >= 4 is 50.5 Å². The Hall–Kier alpha value is -2.87. The van der Waals surface area contributed by atoms with Gasteiger partial charge in [0.05, 0.1) is 10.6 Å². The van der Waals surface area contributed by atoms with E-state index < -0.39 is 10.0 Å². The lowest BCUT2D eigenvalue weighted by atomic mass is 10.1. The summed E-state index contributed by atoms with van der Waals surface area (Å²) >= 11 is 11.6. The van der Waals surface area contributed by atoms with Crippen LogP contribution in [0.15, 0.2) is 82.8 Å². The average Bonchev–Trinajstić information content (AvgIpc) is 2.73. The van der Waals surface area contributed by atoms with Crippen molar-refractivity contribution in [3.8, 4) is 0 Å². The summed E-state index contributed by atoms with van der Waals surface area (Å²) in [6.45, 7) is 1.67. The quantitative estimate of drug-likeness (QED) is 0.402. The Kier molecular flexibility index (Phi) is 6.77. The van der Waals surface area contributed by atoms with E-state index in [1.165, 1.54) is 24.3 Å². The van der Waals surface area contributed by atoms with E-state index in [0.29, 0.717) is 32.6 Å². The Bertz CT molecular complexity index is 1180. The molecule has 30 heavy (non-hydrogen) atoms. The number of nitrogens with one attached hydrogen (secondary N) is 2. The molecule has 0 aliphatic heterocycles. The predicted octanol–water partition coefficient (Wildman–Crippen LogP) is 4.95. The third kappa shape index (κ3) is 5.60. The molecular weight excluding hydrogens is 445 g/mol. The number of amides is 1. The summed E-state index contributed by atoms with van der Waals surface area (Å²) in [5, 5.41) is 7.73. The molecule has 2 N–H and O–H groups in total. The maximum absolute atomic E-state index is 12.3. The maximum atomic E-state index is 12.3. The molecule has 0 saturated carbocycles. The molecule has 1 amide bonds. The first-order valence-electron chi connectivity index (χ1n) is 8.73. The molecule has 0 aliphatic rings. The summed E-state index contributed by atoms with van der Waals surface area (Å²) in [7, 11) is -3.80. The Morgan fingerprint density at radius 2 is 1.30 bits per heavy atom. The summed E-state index contributed by atoms with van der Waals surface area (Å²) in [6.07, 6.45) is 0. The maximum Gasteiger partial charge on any atom is 0.276 e. The zero-order valence-electron chi connectivity index (χ0n) is 15.8. The Balaban J connectivity index is 1.66. The molecule has 0 saturated heterocycles. The summed E-state index contributed by atoms with van der Waals surface area (Å²) in [4.78, 5) is 14.5. The molecule has 0 atom stereocenters. The van der Waals surface area contributed by atoms with E-state index in [0.717, 1.165) is 0 Å². The van der Waals surface area contributed by atoms with Gasteiger partial charge in [-0.3, -0.25) is 4.79 Å². The lowest BCUT2D eigenvalue weighted by Crippen LogP contribution is -2.20. The third-order valence-corrected chi connectivity index (χ3v) is 5.85. The molecule has 3 aromatic rings. The number of carbonyl (C=O) groups excluding carboxylic acids is 1. The van der Waals surface area contributed by atoms with E-state index in [4.69, 9.17) is 23.2 Å². The largest absolute Gasteiger partial charge is 0.322 e. The van der Waals surface area contributed by atoms with Crippen LogP contribution in [0, 0.1) is 0 Å². The van der Waals surface area contributed by atoms with Gasteiger partial charge in [0, 0.05) is 21.3 Å². The van der Waals surface area contributed by atoms with Crippen LogP contribution in [0.5, 0.6) is 0 Å². The molecule has 0 unspecified atom stereocenters. The molecule has 0 heterocycles. The highest BCUT2D eigenvalue weighted by Crippen LogP contribution is 2.16. The van der Waals surface area contributed by atoms with Crippen molar-refractivity contribution in [2.24, 2.45) is 5.10 Å². The zero-order chi connectivity index (χ0) is 21.7. The molecule has 0 aromatic heterocycles. The van der Waals surface area contributed by atoms with Crippen LogP contribution in [0.4, 0.5) is 5.69 Å². The number of rotatable bonds is 6. The topological polar surface area (TPSA) is 87.6 Å². The van der Waals surface area contributed by atoms with Gasteiger partial charge in [0.1, 0.15) is 0 Å². The first-order valence-corrected chi connectivity index (χ1v) is 11.0. The van der Waals surface area contributed by atoms with Crippen LogP contribution < -0.4 is 10.1 Å². The van der Waals surface area contributed by atoms with Crippen LogP contribution in [0.1, 0.15) is 22.8 Å². The standard InChI is InChI=1S/C21H17Cl2N3O3S/c1-14(25-26-30(28,29)20-12-8-18(23)9-13-20)15-4-10-19(11-5-15)24-21(27)16-2-6-17(22)7-3-16/h2-13,26H,1H3,(H,24,27)/b25-14-. The van der Waals surface area contributed by atoms with Crippen molar-refractivity contribution in [2.45, 2.75) is 11.8 Å². The molecule has 0 bridgehead atoms. The number of hydrazone groups is 1. The molecule has 0 fully saturated rings. The van der Waals surface area contributed by atoms with Crippen molar-refractivity contribution in [3.05, 3.63) is 94.0 Å². The van der Waals surface area contributed by atoms with Crippen molar-refractivity contribution in [3.63, 3.8) is 0 Å². The molecule has 0 spiro atoms. The molecule has 154 valence electrons. The van der Waals surface area contributed by atoms with E-state index in [-0.39, 0.29) is 10.8 Å². The predicted molar refractivity (Wildman–Crippen MR) is 120 cm³/mol. The van der Waals surface area contributed by atoms with Gasteiger partial charge in [-0.2, -0.15) is 18.4 Å². The van der Waals surface area contributed by atoms with E-state index >= 15 is 0 Å². The summed E-state index contributed by atoms with van der Waals surface area (Å²) in [5.74, 6) is -0.263. The lowest BCUT2D eigenvalue weighted by Gasteiger charge is -2.08. The zero-order valence-corrected chi connectivity index (χ0v) is 18.1. The van der Waals surface area contributed by atoms with Gasteiger partial charge in [-0.25, -0.2) is 0 Å². The third-order valence-electron chi connectivity index (χ3n) is 4.12. The monoisotopic (exact) mass is 461 g/mol. The van der Waals surface area contributed by atoms with Crippen molar-refractivity contribution in [2.75, 3.05) is 5.32 Å². The molecule has 0 radical (unpaired) electrons. The number of carbonyl (C=O) groups is 1. The molecular formula is C21H17Cl2N3O3S. The van der Waals surface area contributed by atoms with Gasteiger partial charge in [0.2, 0.25) is 0 Å². The van der Waals surface area contributed by atoms with Gasteiger partial charge in [-0.15, -0.1) is 0 Å². The number of hydrogen-bond acceptors (Lipinski definition) is 4. The minimum Gasteiger partial charge on any atom is -0.322 e. The number of hydrogen-bond donors (Lipinski definition) is 2. The van der Waals surface area contributed by atoms with Crippen molar-refractivity contribution in [1.82, 2.24) is 4.83 Å². The fourth-order valence-corrected chi connectivity index (χ4v) is 3.57. The second-order valence-electron chi connectivity index (χ2n) is 6.28. The fourth-order valence-electron chi connectivity index (χ4n) is 2.46. The highest BCUT2D eigenvalue weighted by atomic mass is 35.5. The molecule has 3 rings (SSSR count). The Morgan fingerprint density at radius 1 is 0.800 bits per heavy atom. The molecule has 0 aliphatic carbocycles. The van der Waals surface area contributed by atoms with Gasteiger partial charge in [-0.1, -0.05) is 35.3 Å². The molecule has 9 heteroatoms. The second-order valence-corrected chi connectivity index (χ2v) is 8.82. The highest BCUT2D eigenvalue weighted by Gasteiger charge is 2.13. The van der Waals surface area contributed by atoms with Crippen molar-refractivity contribution in [1.29, 1.82) is 0 Å². The number of halogens is 2. The summed E-state index contributed by atoms with van der Waals surface area (Å²) < 4.78 is 24.6. The van der Waals surface area contributed by atoms with Crippen LogP contribution in [0.25, 0.3) is 0 Å². The van der Waals surface area contributed by atoms with E-state index in [1.807, 2.05) is 0 Å². The SMILES string of the molecule is C/C(=N/NS(=O)(=O)c1ccc(Cl)cc1)c1ccc(NC(=O)c2ccc(Cl)cc2)cc1. The van der Waals surface area contributed by atoms with Crippen molar-refractivity contribution < 1.29 is 13.2 Å².